The van der Waals surface area contributed by atoms with Gasteiger partial charge in [0.15, 0.2) is 0 Å². The van der Waals surface area contributed by atoms with Crippen LogP contribution in [-0.4, -0.2) is 55.6 Å². The van der Waals surface area contributed by atoms with Gasteiger partial charge in [-0.05, 0) is 92.6 Å². The molecule has 5 nitrogen and oxygen atoms in total. The number of hydrogen-bond donors (Lipinski definition) is 1. The third kappa shape index (κ3) is 6.15. The SMILES string of the molecule is CC(C(=O)N1CCN(c2ccc(SNC3CCCCCC3)cc2)CC1)N1CCCc2cc(Cl)ccc21. The fraction of sp³-hybridized carbons (Fsp3) is 0.552. The monoisotopic (exact) mass is 526 g/mol. The Hall–Kier alpha value is -1.89. The van der Waals surface area contributed by atoms with Crippen molar-refractivity contribution in [3.63, 3.8) is 0 Å². The molecule has 0 spiro atoms. The Morgan fingerprint density at radius 2 is 1.67 bits per heavy atom. The summed E-state index contributed by atoms with van der Waals surface area (Å²) < 4.78 is 3.69. The Kier molecular flexibility index (Phi) is 8.66. The third-order valence-corrected chi connectivity index (χ3v) is 9.21. The van der Waals surface area contributed by atoms with Crippen molar-refractivity contribution >= 4 is 40.8 Å². The molecule has 1 saturated heterocycles. The lowest BCUT2D eigenvalue weighted by molar-refractivity contribution is -0.132. The number of anilines is 2. The van der Waals surface area contributed by atoms with E-state index in [1.165, 1.54) is 54.7 Å². The van der Waals surface area contributed by atoms with E-state index in [-0.39, 0.29) is 11.9 Å². The molecule has 1 unspecified atom stereocenters. The van der Waals surface area contributed by atoms with E-state index in [1.54, 1.807) is 11.9 Å². The number of aryl methyl sites for hydroxylation is 1. The first-order chi connectivity index (χ1) is 17.6. The largest absolute Gasteiger partial charge is 0.368 e. The Morgan fingerprint density at radius 3 is 2.39 bits per heavy atom. The summed E-state index contributed by atoms with van der Waals surface area (Å²) in [7, 11) is 0. The Balaban J connectivity index is 1.12. The van der Waals surface area contributed by atoms with E-state index in [1.807, 2.05) is 11.0 Å². The van der Waals surface area contributed by atoms with Crippen molar-refractivity contribution < 1.29 is 4.79 Å². The van der Waals surface area contributed by atoms with Crippen LogP contribution in [-0.2, 0) is 11.2 Å². The number of nitrogens with zero attached hydrogens (tertiary/aromatic N) is 3. The van der Waals surface area contributed by atoms with Gasteiger partial charge in [0.2, 0.25) is 5.91 Å². The number of fused-ring (bicyclic) bond motifs is 1. The van der Waals surface area contributed by atoms with Crippen LogP contribution in [0.15, 0.2) is 47.4 Å². The molecule has 2 aliphatic heterocycles. The van der Waals surface area contributed by atoms with Crippen LogP contribution < -0.4 is 14.5 Å². The van der Waals surface area contributed by atoms with Crippen molar-refractivity contribution in [2.75, 3.05) is 42.5 Å². The quantitative estimate of drug-likeness (QED) is 0.361. The van der Waals surface area contributed by atoms with Crippen molar-refractivity contribution in [3.8, 4) is 0 Å². The zero-order valence-corrected chi connectivity index (χ0v) is 23.0. The first-order valence-corrected chi connectivity index (χ1v) is 14.9. The lowest BCUT2D eigenvalue weighted by atomic mass is 10.00. The first kappa shape index (κ1) is 25.7. The summed E-state index contributed by atoms with van der Waals surface area (Å²) in [5.41, 5.74) is 3.66. The molecule has 2 aromatic carbocycles. The summed E-state index contributed by atoms with van der Waals surface area (Å²) in [4.78, 5) is 21.4. The van der Waals surface area contributed by atoms with E-state index < -0.39 is 0 Å². The lowest BCUT2D eigenvalue weighted by Gasteiger charge is -2.41. The van der Waals surface area contributed by atoms with E-state index in [9.17, 15) is 4.79 Å². The smallest absolute Gasteiger partial charge is 0.245 e. The Morgan fingerprint density at radius 1 is 0.944 bits per heavy atom. The van der Waals surface area contributed by atoms with Gasteiger partial charge in [0, 0.05) is 60.1 Å². The van der Waals surface area contributed by atoms with Crippen LogP contribution in [0.25, 0.3) is 0 Å². The van der Waals surface area contributed by atoms with Crippen LogP contribution in [0.2, 0.25) is 5.02 Å². The average Bonchev–Trinajstić information content (AvgIpc) is 3.20. The van der Waals surface area contributed by atoms with E-state index in [2.05, 4.69) is 57.8 Å². The molecule has 0 aromatic heterocycles. The van der Waals surface area contributed by atoms with Crippen molar-refractivity contribution in [2.45, 2.75) is 75.3 Å². The minimum absolute atomic E-state index is 0.158. The number of hydrogen-bond acceptors (Lipinski definition) is 5. The van der Waals surface area contributed by atoms with Crippen molar-refractivity contribution in [1.29, 1.82) is 0 Å². The van der Waals surface area contributed by atoms with E-state index in [0.29, 0.717) is 6.04 Å². The van der Waals surface area contributed by atoms with Crippen LogP contribution in [0.1, 0.15) is 57.4 Å². The molecule has 1 aliphatic carbocycles. The van der Waals surface area contributed by atoms with Gasteiger partial charge in [0.1, 0.15) is 6.04 Å². The summed E-state index contributed by atoms with van der Waals surface area (Å²) in [5, 5.41) is 0.772. The minimum atomic E-state index is -0.158. The maximum atomic E-state index is 13.4. The molecule has 3 aliphatic rings. The molecule has 1 saturated carbocycles. The van der Waals surface area contributed by atoms with Gasteiger partial charge >= 0.3 is 0 Å². The molecule has 2 aromatic rings. The normalized spacial score (nSPS) is 20.1. The van der Waals surface area contributed by atoms with Crippen LogP contribution in [0.3, 0.4) is 0 Å². The maximum Gasteiger partial charge on any atom is 0.245 e. The molecule has 7 heteroatoms. The van der Waals surface area contributed by atoms with Gasteiger partial charge in [-0.1, -0.05) is 37.3 Å². The molecule has 0 radical (unpaired) electrons. The minimum Gasteiger partial charge on any atom is -0.368 e. The summed E-state index contributed by atoms with van der Waals surface area (Å²) in [6.45, 7) is 6.25. The van der Waals surface area contributed by atoms with Crippen LogP contribution in [0.5, 0.6) is 0 Å². The summed E-state index contributed by atoms with van der Waals surface area (Å²) in [6.07, 6.45) is 10.2. The molecular weight excluding hydrogens is 488 g/mol. The van der Waals surface area contributed by atoms with Gasteiger partial charge < -0.3 is 14.7 Å². The molecule has 1 amide bonds. The topological polar surface area (TPSA) is 38.8 Å². The highest BCUT2D eigenvalue weighted by Crippen LogP contribution is 2.32. The number of nitrogens with one attached hydrogen (secondary N) is 1. The molecule has 194 valence electrons. The predicted octanol–water partition coefficient (Wildman–Crippen LogP) is 6.15. The fourth-order valence-corrected chi connectivity index (χ4v) is 6.86. The molecule has 5 rings (SSSR count). The van der Waals surface area contributed by atoms with Crippen molar-refractivity contribution in [3.05, 3.63) is 53.1 Å². The number of amides is 1. The van der Waals surface area contributed by atoms with E-state index in [0.717, 1.165) is 56.3 Å². The second-order valence-corrected chi connectivity index (χ2v) is 11.8. The van der Waals surface area contributed by atoms with Crippen LogP contribution in [0.4, 0.5) is 11.4 Å². The first-order valence-electron chi connectivity index (χ1n) is 13.7. The van der Waals surface area contributed by atoms with Crippen molar-refractivity contribution in [1.82, 2.24) is 9.62 Å². The fourth-order valence-electron chi connectivity index (χ4n) is 5.85. The van der Waals surface area contributed by atoms with Gasteiger partial charge in [0.25, 0.3) is 0 Å². The number of carbonyl (C=O) groups is 1. The van der Waals surface area contributed by atoms with Crippen LogP contribution >= 0.6 is 23.5 Å². The summed E-state index contributed by atoms with van der Waals surface area (Å²) in [6, 6.07) is 15.5. The van der Waals surface area contributed by atoms with Crippen LogP contribution in [0, 0.1) is 0 Å². The highest BCUT2D eigenvalue weighted by molar-refractivity contribution is 7.97. The zero-order chi connectivity index (χ0) is 24.9. The van der Waals surface area contributed by atoms with E-state index >= 15 is 0 Å². The van der Waals surface area contributed by atoms with Crippen molar-refractivity contribution in [2.24, 2.45) is 0 Å². The zero-order valence-electron chi connectivity index (χ0n) is 21.4. The lowest BCUT2D eigenvalue weighted by Crippen LogP contribution is -2.55. The number of carbonyl (C=O) groups excluding carboxylic acids is 1. The van der Waals surface area contributed by atoms with Gasteiger partial charge in [-0.15, -0.1) is 0 Å². The number of rotatable bonds is 6. The standard InChI is InChI=1S/C29H39ClN4OS/c1-22(34-16-6-7-23-21-24(30)10-15-28(23)34)29(35)33-19-17-32(18-20-33)26-11-13-27(14-12-26)36-31-25-8-4-2-3-5-9-25/h10-15,21-22,25,31H,2-9,16-20H2,1H3. The predicted molar refractivity (Wildman–Crippen MR) is 152 cm³/mol. The molecule has 2 fully saturated rings. The highest BCUT2D eigenvalue weighted by Gasteiger charge is 2.31. The molecule has 36 heavy (non-hydrogen) atoms. The second kappa shape index (κ2) is 12.1. The summed E-state index contributed by atoms with van der Waals surface area (Å²) >= 11 is 7.99. The van der Waals surface area contributed by atoms with E-state index in [4.69, 9.17) is 11.6 Å². The number of benzene rings is 2. The third-order valence-electron chi connectivity index (χ3n) is 8.01. The molecule has 0 bridgehead atoms. The maximum absolute atomic E-state index is 13.4. The molecular formula is C29H39ClN4OS. The second-order valence-electron chi connectivity index (χ2n) is 10.5. The molecule has 2 heterocycles. The Labute approximate surface area is 225 Å². The number of halogens is 1. The molecule has 1 atom stereocenters. The Bertz CT molecular complexity index is 1020. The van der Waals surface area contributed by atoms with Gasteiger partial charge in [-0.3, -0.25) is 9.52 Å². The van der Waals surface area contributed by atoms with Gasteiger partial charge in [-0.25, -0.2) is 0 Å². The molecule has 1 N–H and O–H groups in total. The highest BCUT2D eigenvalue weighted by atomic mass is 35.5. The number of piperazine rings is 1. The van der Waals surface area contributed by atoms with Gasteiger partial charge in [0.05, 0.1) is 0 Å². The average molecular weight is 527 g/mol. The van der Waals surface area contributed by atoms with Gasteiger partial charge in [-0.2, -0.15) is 0 Å². The summed E-state index contributed by atoms with van der Waals surface area (Å²) in [5.74, 6) is 0.230.